The van der Waals surface area contributed by atoms with E-state index in [9.17, 15) is 4.79 Å². The molecule has 12 heavy (non-hydrogen) atoms. The number of hydrogen-bond donors (Lipinski definition) is 0. The first kappa shape index (κ1) is 6.90. The van der Waals surface area contributed by atoms with Gasteiger partial charge >= 0.3 is 5.91 Å². The monoisotopic (exact) mass is 163 g/mol. The van der Waals surface area contributed by atoms with Crippen molar-refractivity contribution >= 4 is 11.6 Å². The van der Waals surface area contributed by atoms with Crippen LogP contribution in [0.3, 0.4) is 0 Å². The Balaban J connectivity index is 2.72. The fourth-order valence-electron chi connectivity index (χ4n) is 1.02. The van der Waals surface area contributed by atoms with E-state index in [1.165, 1.54) is 0 Å². The third-order valence-corrected chi connectivity index (χ3v) is 1.60. The van der Waals surface area contributed by atoms with E-state index in [2.05, 4.69) is 22.0 Å². The topological polar surface area (TPSA) is 67.8 Å². The van der Waals surface area contributed by atoms with Crippen molar-refractivity contribution in [3.05, 3.63) is 23.6 Å². The third kappa shape index (κ3) is 0.730. The van der Waals surface area contributed by atoms with Gasteiger partial charge in [-0.15, -0.1) is 10.2 Å². The SMILES string of the molecule is C=C1N=NC(=O)c2c(C)noc21. The summed E-state index contributed by atoms with van der Waals surface area (Å²) in [6, 6.07) is 0. The van der Waals surface area contributed by atoms with Gasteiger partial charge in [0.2, 0.25) is 0 Å². The number of fused-ring (bicyclic) bond motifs is 1. The molecule has 0 aliphatic carbocycles. The number of carbonyl (C=O) groups excluding carboxylic acids is 1. The zero-order valence-electron chi connectivity index (χ0n) is 6.37. The van der Waals surface area contributed by atoms with Crippen LogP contribution in [0.15, 0.2) is 21.3 Å². The van der Waals surface area contributed by atoms with Crippen molar-refractivity contribution in [2.75, 3.05) is 0 Å². The summed E-state index contributed by atoms with van der Waals surface area (Å²) in [5, 5.41) is 10.5. The Morgan fingerprint density at radius 3 is 2.83 bits per heavy atom. The second-order valence-corrected chi connectivity index (χ2v) is 2.42. The van der Waals surface area contributed by atoms with Crippen molar-refractivity contribution < 1.29 is 9.32 Å². The van der Waals surface area contributed by atoms with Crippen molar-refractivity contribution in [2.24, 2.45) is 10.2 Å². The Hall–Kier alpha value is -1.78. The average molecular weight is 163 g/mol. The van der Waals surface area contributed by atoms with Crippen molar-refractivity contribution in [1.29, 1.82) is 0 Å². The number of hydrogen-bond acceptors (Lipinski definition) is 4. The van der Waals surface area contributed by atoms with E-state index >= 15 is 0 Å². The zero-order chi connectivity index (χ0) is 8.72. The molecule has 0 spiro atoms. The molecular weight excluding hydrogens is 158 g/mol. The molecule has 5 heteroatoms. The zero-order valence-corrected chi connectivity index (χ0v) is 6.37. The van der Waals surface area contributed by atoms with Gasteiger partial charge in [-0.3, -0.25) is 4.79 Å². The highest BCUT2D eigenvalue weighted by Gasteiger charge is 2.25. The quantitative estimate of drug-likeness (QED) is 0.582. The van der Waals surface area contributed by atoms with Crippen LogP contribution < -0.4 is 0 Å². The van der Waals surface area contributed by atoms with Crippen LogP contribution in [0.5, 0.6) is 0 Å². The summed E-state index contributed by atoms with van der Waals surface area (Å²) < 4.78 is 4.85. The fraction of sp³-hybridized carbons (Fsp3) is 0.143. The lowest BCUT2D eigenvalue weighted by atomic mass is 10.1. The summed E-state index contributed by atoms with van der Waals surface area (Å²) in [4.78, 5) is 11.1. The number of aryl methyl sites for hydroxylation is 1. The summed E-state index contributed by atoms with van der Waals surface area (Å²) in [5.74, 6) is -0.0938. The van der Waals surface area contributed by atoms with Crippen LogP contribution >= 0.6 is 0 Å². The molecule has 0 bridgehead atoms. The summed E-state index contributed by atoms with van der Waals surface area (Å²) in [6.07, 6.45) is 0. The number of azo groups is 1. The van der Waals surface area contributed by atoms with Crippen molar-refractivity contribution in [1.82, 2.24) is 5.16 Å². The highest BCUT2D eigenvalue weighted by atomic mass is 16.5. The molecule has 1 aromatic rings. The maximum Gasteiger partial charge on any atom is 0.301 e. The molecule has 0 aromatic carbocycles. The van der Waals surface area contributed by atoms with Gasteiger partial charge in [-0.1, -0.05) is 11.7 Å². The van der Waals surface area contributed by atoms with Gasteiger partial charge in [0.25, 0.3) is 0 Å². The highest BCUT2D eigenvalue weighted by molar-refractivity contribution is 6.01. The maximum atomic E-state index is 11.1. The van der Waals surface area contributed by atoms with E-state index in [1.807, 2.05) is 0 Å². The van der Waals surface area contributed by atoms with Gasteiger partial charge in [-0.25, -0.2) is 0 Å². The fourth-order valence-corrected chi connectivity index (χ4v) is 1.02. The molecule has 0 saturated heterocycles. The molecule has 60 valence electrons. The molecule has 2 rings (SSSR count). The molecule has 1 aromatic heterocycles. The van der Waals surface area contributed by atoms with E-state index in [0.717, 1.165) is 0 Å². The smallest absolute Gasteiger partial charge is 0.301 e. The van der Waals surface area contributed by atoms with Crippen LogP contribution in [0.4, 0.5) is 0 Å². The lowest BCUT2D eigenvalue weighted by Crippen LogP contribution is -2.02. The summed E-state index contributed by atoms with van der Waals surface area (Å²) in [5.41, 5.74) is 1.23. The van der Waals surface area contributed by atoms with Crippen LogP contribution in [-0.2, 0) is 0 Å². The third-order valence-electron chi connectivity index (χ3n) is 1.60. The molecule has 1 aliphatic rings. The van der Waals surface area contributed by atoms with Crippen LogP contribution in [-0.4, -0.2) is 11.1 Å². The first-order valence-electron chi connectivity index (χ1n) is 3.32. The van der Waals surface area contributed by atoms with Crippen LogP contribution in [0.1, 0.15) is 21.8 Å². The minimum Gasteiger partial charge on any atom is -0.353 e. The molecular formula is C7H5N3O2. The largest absolute Gasteiger partial charge is 0.353 e. The Labute approximate surface area is 67.8 Å². The van der Waals surface area contributed by atoms with E-state index in [4.69, 9.17) is 4.52 Å². The first-order chi connectivity index (χ1) is 5.70. The average Bonchev–Trinajstić information content (AvgIpc) is 2.42. The van der Waals surface area contributed by atoms with E-state index in [-0.39, 0.29) is 0 Å². The molecule has 0 fully saturated rings. The van der Waals surface area contributed by atoms with Gasteiger partial charge in [0.05, 0.1) is 5.69 Å². The predicted octanol–water partition coefficient (Wildman–Crippen LogP) is 1.56. The van der Waals surface area contributed by atoms with Crippen LogP contribution in [0, 0.1) is 6.92 Å². The molecule has 0 unspecified atom stereocenters. The lowest BCUT2D eigenvalue weighted by molar-refractivity contribution is 0.0991. The van der Waals surface area contributed by atoms with Crippen molar-refractivity contribution in [3.8, 4) is 0 Å². The molecule has 1 aliphatic heterocycles. The number of rotatable bonds is 0. The molecule has 5 nitrogen and oxygen atoms in total. The second-order valence-electron chi connectivity index (χ2n) is 2.42. The molecule has 0 atom stereocenters. The van der Waals surface area contributed by atoms with Gasteiger partial charge in [-0.2, -0.15) is 0 Å². The summed E-state index contributed by atoms with van der Waals surface area (Å²) in [6.45, 7) is 5.23. The minimum absolute atomic E-state index is 0.326. The first-order valence-corrected chi connectivity index (χ1v) is 3.32. The molecule has 1 amide bonds. The Morgan fingerprint density at radius 2 is 2.17 bits per heavy atom. The van der Waals surface area contributed by atoms with Gasteiger partial charge in [0.1, 0.15) is 11.3 Å². The predicted molar refractivity (Wildman–Crippen MR) is 39.5 cm³/mol. The molecule has 2 heterocycles. The second kappa shape index (κ2) is 2.10. The van der Waals surface area contributed by atoms with Crippen LogP contribution in [0.2, 0.25) is 0 Å². The van der Waals surface area contributed by atoms with Crippen LogP contribution in [0.25, 0.3) is 5.70 Å². The molecule has 0 radical (unpaired) electrons. The van der Waals surface area contributed by atoms with Gasteiger partial charge < -0.3 is 4.52 Å². The Bertz CT molecular complexity index is 403. The van der Waals surface area contributed by atoms with Gasteiger partial charge in [0, 0.05) is 0 Å². The Kier molecular flexibility index (Phi) is 1.21. The standard InChI is InChI=1S/C7H5N3O2/c1-3-5-6(12-10-3)4(2)8-9-7(5)11/h2H2,1H3. The van der Waals surface area contributed by atoms with E-state index < -0.39 is 5.91 Å². The Morgan fingerprint density at radius 1 is 1.42 bits per heavy atom. The molecule has 0 N–H and O–H groups in total. The minimum atomic E-state index is -0.420. The molecule has 0 saturated carbocycles. The van der Waals surface area contributed by atoms with Gasteiger partial charge in [-0.05, 0) is 6.92 Å². The number of nitrogens with zero attached hydrogens (tertiary/aromatic N) is 3. The number of carbonyl (C=O) groups is 1. The lowest BCUT2D eigenvalue weighted by Gasteiger charge is -2.00. The number of aromatic nitrogens is 1. The summed E-state index contributed by atoms with van der Waals surface area (Å²) in [7, 11) is 0. The van der Waals surface area contributed by atoms with Gasteiger partial charge in [0.15, 0.2) is 5.76 Å². The summed E-state index contributed by atoms with van der Waals surface area (Å²) >= 11 is 0. The highest BCUT2D eigenvalue weighted by Crippen LogP contribution is 2.26. The number of amides is 1. The van der Waals surface area contributed by atoms with Crippen molar-refractivity contribution in [3.63, 3.8) is 0 Å². The maximum absolute atomic E-state index is 11.1. The normalized spacial score (nSPS) is 15.1. The van der Waals surface area contributed by atoms with E-state index in [0.29, 0.717) is 22.7 Å². The van der Waals surface area contributed by atoms with E-state index in [1.54, 1.807) is 6.92 Å². The van der Waals surface area contributed by atoms with Crippen molar-refractivity contribution in [2.45, 2.75) is 6.92 Å².